The summed E-state index contributed by atoms with van der Waals surface area (Å²) < 4.78 is 6.89. The lowest BCUT2D eigenvalue weighted by Gasteiger charge is -2.26. The summed E-state index contributed by atoms with van der Waals surface area (Å²) in [4.78, 5) is 36.4. The minimum atomic E-state index is -0.738. The Hall–Kier alpha value is -3.10. The van der Waals surface area contributed by atoms with Gasteiger partial charge in [0.05, 0.1) is 16.9 Å². The van der Waals surface area contributed by atoms with Crippen LogP contribution in [0.1, 0.15) is 45.7 Å². The number of aliphatic carboxylic acids is 1. The Morgan fingerprint density at radius 2 is 1.65 bits per heavy atom. The highest BCUT2D eigenvalue weighted by atomic mass is 35.5. The SMILES string of the molecule is O=C(NCCNC(=O)c1cc2c(Cl)cccc2s1)c1ccc(OC2CCC(C(=O)O)CC2)cc1. The number of rotatable bonds is 8. The van der Waals surface area contributed by atoms with Gasteiger partial charge in [0.2, 0.25) is 0 Å². The van der Waals surface area contributed by atoms with Crippen LogP contribution in [0.25, 0.3) is 10.1 Å². The molecule has 0 radical (unpaired) electrons. The van der Waals surface area contributed by atoms with Crippen LogP contribution in [0.15, 0.2) is 48.5 Å². The van der Waals surface area contributed by atoms with Gasteiger partial charge in [-0.15, -0.1) is 11.3 Å². The van der Waals surface area contributed by atoms with Crippen molar-refractivity contribution in [3.05, 3.63) is 64.0 Å². The number of hydrogen-bond donors (Lipinski definition) is 3. The molecule has 34 heavy (non-hydrogen) atoms. The van der Waals surface area contributed by atoms with E-state index >= 15 is 0 Å². The molecule has 0 spiro atoms. The van der Waals surface area contributed by atoms with Crippen molar-refractivity contribution in [1.82, 2.24) is 10.6 Å². The molecule has 0 saturated heterocycles. The number of ether oxygens (including phenoxy) is 1. The third-order valence-corrected chi connectivity index (χ3v) is 7.30. The number of amides is 2. The summed E-state index contributed by atoms with van der Waals surface area (Å²) in [5.74, 6) is -0.801. The Bertz CT molecular complexity index is 1190. The molecular formula is C25H25ClN2O5S. The van der Waals surface area contributed by atoms with Gasteiger partial charge in [-0.05, 0) is 68.1 Å². The van der Waals surface area contributed by atoms with Gasteiger partial charge >= 0.3 is 5.97 Å². The zero-order valence-electron chi connectivity index (χ0n) is 18.4. The second-order valence-corrected chi connectivity index (χ2v) is 9.72. The summed E-state index contributed by atoms with van der Waals surface area (Å²) in [6.07, 6.45) is 2.65. The van der Waals surface area contributed by atoms with E-state index in [4.69, 9.17) is 21.4 Å². The second kappa shape index (κ2) is 10.9. The van der Waals surface area contributed by atoms with Gasteiger partial charge in [0.15, 0.2) is 0 Å². The zero-order chi connectivity index (χ0) is 24.1. The number of fused-ring (bicyclic) bond motifs is 1. The summed E-state index contributed by atoms with van der Waals surface area (Å²) >= 11 is 7.54. The fourth-order valence-corrected chi connectivity index (χ4v) is 5.27. The lowest BCUT2D eigenvalue weighted by Crippen LogP contribution is -2.34. The molecule has 178 valence electrons. The number of hydrogen-bond acceptors (Lipinski definition) is 5. The Morgan fingerprint density at radius 1 is 0.971 bits per heavy atom. The van der Waals surface area contributed by atoms with E-state index in [2.05, 4.69) is 10.6 Å². The zero-order valence-corrected chi connectivity index (χ0v) is 20.0. The topological polar surface area (TPSA) is 105 Å². The molecule has 1 heterocycles. The number of carbonyl (C=O) groups is 3. The van der Waals surface area contributed by atoms with Gasteiger partial charge in [0.25, 0.3) is 11.8 Å². The fourth-order valence-electron chi connectivity index (χ4n) is 3.98. The third kappa shape index (κ3) is 5.87. The third-order valence-electron chi connectivity index (χ3n) is 5.87. The van der Waals surface area contributed by atoms with Crippen LogP contribution in [0.4, 0.5) is 0 Å². The highest BCUT2D eigenvalue weighted by Gasteiger charge is 2.26. The number of carbonyl (C=O) groups excluding carboxylic acids is 2. The van der Waals surface area contributed by atoms with E-state index < -0.39 is 5.97 Å². The Morgan fingerprint density at radius 3 is 2.29 bits per heavy atom. The summed E-state index contributed by atoms with van der Waals surface area (Å²) in [6, 6.07) is 14.2. The molecule has 1 saturated carbocycles. The molecule has 1 aromatic heterocycles. The second-order valence-electron chi connectivity index (χ2n) is 8.23. The molecule has 2 aromatic carbocycles. The van der Waals surface area contributed by atoms with Gasteiger partial charge in [-0.1, -0.05) is 17.7 Å². The molecule has 1 aliphatic rings. The first-order valence-corrected chi connectivity index (χ1v) is 12.3. The lowest BCUT2D eigenvalue weighted by atomic mass is 9.87. The van der Waals surface area contributed by atoms with E-state index in [-0.39, 0.29) is 23.8 Å². The van der Waals surface area contributed by atoms with E-state index in [0.29, 0.717) is 60.0 Å². The smallest absolute Gasteiger partial charge is 0.306 e. The van der Waals surface area contributed by atoms with Crippen LogP contribution in [0, 0.1) is 5.92 Å². The van der Waals surface area contributed by atoms with Crippen LogP contribution < -0.4 is 15.4 Å². The normalized spacial score (nSPS) is 17.8. The lowest BCUT2D eigenvalue weighted by molar-refractivity contribution is -0.143. The molecule has 9 heteroatoms. The van der Waals surface area contributed by atoms with E-state index in [1.807, 2.05) is 12.1 Å². The van der Waals surface area contributed by atoms with Crippen LogP contribution in [-0.2, 0) is 4.79 Å². The van der Waals surface area contributed by atoms with Crippen molar-refractivity contribution >= 4 is 50.8 Å². The van der Waals surface area contributed by atoms with Crippen LogP contribution in [0.5, 0.6) is 5.75 Å². The number of carboxylic acids is 1. The van der Waals surface area contributed by atoms with E-state index in [1.54, 1.807) is 36.4 Å². The maximum Gasteiger partial charge on any atom is 0.306 e. The first-order valence-electron chi connectivity index (χ1n) is 11.1. The van der Waals surface area contributed by atoms with Gasteiger partial charge in [-0.2, -0.15) is 0 Å². The van der Waals surface area contributed by atoms with Crippen molar-refractivity contribution in [2.24, 2.45) is 5.92 Å². The number of nitrogens with one attached hydrogen (secondary N) is 2. The Labute approximate surface area is 206 Å². The Balaban J connectivity index is 1.20. The molecule has 7 nitrogen and oxygen atoms in total. The summed E-state index contributed by atoms with van der Waals surface area (Å²) in [7, 11) is 0. The monoisotopic (exact) mass is 500 g/mol. The molecule has 3 aromatic rings. The van der Waals surface area contributed by atoms with E-state index in [1.165, 1.54) is 11.3 Å². The number of halogens is 1. The predicted molar refractivity (Wildman–Crippen MR) is 132 cm³/mol. The summed E-state index contributed by atoms with van der Waals surface area (Å²) in [6.45, 7) is 0.591. The summed E-state index contributed by atoms with van der Waals surface area (Å²) in [5.41, 5.74) is 0.493. The highest BCUT2D eigenvalue weighted by molar-refractivity contribution is 7.20. The first kappa shape index (κ1) is 24.0. The van der Waals surface area contributed by atoms with E-state index in [0.717, 1.165) is 10.1 Å². The average Bonchev–Trinajstić information content (AvgIpc) is 3.28. The largest absolute Gasteiger partial charge is 0.490 e. The molecular weight excluding hydrogens is 476 g/mol. The standard InChI is InChI=1S/C25H25ClN2O5S/c26-20-2-1-3-21-19(20)14-22(34-21)24(30)28-13-12-27-23(29)15-4-8-17(9-5-15)33-18-10-6-16(7-11-18)25(31)32/h1-5,8-9,14,16,18H,6-7,10-13H2,(H,27,29)(H,28,30)(H,31,32). The number of carboxylic acid groups (broad SMARTS) is 1. The van der Waals surface area contributed by atoms with Crippen molar-refractivity contribution in [3.63, 3.8) is 0 Å². The fraction of sp³-hybridized carbons (Fsp3) is 0.320. The Kier molecular flexibility index (Phi) is 7.70. The minimum Gasteiger partial charge on any atom is -0.490 e. The number of thiophene rings is 1. The maximum absolute atomic E-state index is 12.4. The van der Waals surface area contributed by atoms with Crippen LogP contribution in [-0.4, -0.2) is 42.1 Å². The van der Waals surface area contributed by atoms with Crippen molar-refractivity contribution in [2.75, 3.05) is 13.1 Å². The van der Waals surface area contributed by atoms with E-state index in [9.17, 15) is 14.4 Å². The van der Waals surface area contributed by atoms with Crippen molar-refractivity contribution in [3.8, 4) is 5.75 Å². The van der Waals surface area contributed by atoms with Crippen LogP contribution in [0.2, 0.25) is 5.02 Å². The summed E-state index contributed by atoms with van der Waals surface area (Å²) in [5, 5.41) is 16.2. The predicted octanol–water partition coefficient (Wildman–Crippen LogP) is 4.74. The first-order chi connectivity index (χ1) is 16.4. The molecule has 3 N–H and O–H groups in total. The highest BCUT2D eigenvalue weighted by Crippen LogP contribution is 2.31. The molecule has 0 aliphatic heterocycles. The molecule has 1 aliphatic carbocycles. The number of benzene rings is 2. The van der Waals surface area contributed by atoms with Gasteiger partial charge < -0.3 is 20.5 Å². The van der Waals surface area contributed by atoms with Crippen LogP contribution >= 0.6 is 22.9 Å². The van der Waals surface area contributed by atoms with Gasteiger partial charge in [-0.3, -0.25) is 14.4 Å². The van der Waals surface area contributed by atoms with Gasteiger partial charge in [0, 0.05) is 33.8 Å². The maximum atomic E-state index is 12.4. The minimum absolute atomic E-state index is 0.00384. The average molecular weight is 501 g/mol. The van der Waals surface area contributed by atoms with Crippen molar-refractivity contribution < 1.29 is 24.2 Å². The molecule has 0 unspecified atom stereocenters. The van der Waals surface area contributed by atoms with Gasteiger partial charge in [-0.25, -0.2) is 0 Å². The molecule has 0 atom stereocenters. The van der Waals surface area contributed by atoms with Crippen molar-refractivity contribution in [1.29, 1.82) is 0 Å². The molecule has 2 amide bonds. The molecule has 4 rings (SSSR count). The van der Waals surface area contributed by atoms with Crippen LogP contribution in [0.3, 0.4) is 0 Å². The molecule has 0 bridgehead atoms. The van der Waals surface area contributed by atoms with Crippen molar-refractivity contribution in [2.45, 2.75) is 31.8 Å². The molecule has 1 fully saturated rings. The quantitative estimate of drug-likeness (QED) is 0.387. The van der Waals surface area contributed by atoms with Gasteiger partial charge in [0.1, 0.15) is 5.75 Å².